The summed E-state index contributed by atoms with van der Waals surface area (Å²) in [5, 5.41) is 13.1. The molecule has 1 fully saturated rings. The van der Waals surface area contributed by atoms with Crippen molar-refractivity contribution in [2.45, 2.75) is 6.42 Å². The van der Waals surface area contributed by atoms with E-state index >= 15 is 0 Å². The van der Waals surface area contributed by atoms with E-state index in [9.17, 15) is 9.18 Å². The van der Waals surface area contributed by atoms with E-state index < -0.39 is 5.82 Å². The van der Waals surface area contributed by atoms with Crippen molar-refractivity contribution in [2.75, 3.05) is 13.1 Å². The summed E-state index contributed by atoms with van der Waals surface area (Å²) in [6, 6.07) is 9.49. The second kappa shape index (κ2) is 5.42. The molecule has 24 heavy (non-hydrogen) atoms. The number of hydrogen-bond acceptors (Lipinski definition) is 4. The van der Waals surface area contributed by atoms with Crippen molar-refractivity contribution in [1.82, 2.24) is 19.5 Å². The van der Waals surface area contributed by atoms with E-state index in [1.165, 1.54) is 16.6 Å². The van der Waals surface area contributed by atoms with Crippen molar-refractivity contribution in [1.29, 1.82) is 5.26 Å². The largest absolute Gasteiger partial charge is 0.337 e. The Morgan fingerprint density at radius 2 is 2.12 bits per heavy atom. The van der Waals surface area contributed by atoms with Crippen LogP contribution in [0.4, 0.5) is 4.39 Å². The van der Waals surface area contributed by atoms with Crippen molar-refractivity contribution in [3.05, 3.63) is 53.6 Å². The third kappa shape index (κ3) is 2.12. The molecule has 0 unspecified atom stereocenters. The lowest BCUT2D eigenvalue weighted by atomic mass is 10.1. The van der Waals surface area contributed by atoms with Crippen LogP contribution >= 0.6 is 0 Å². The number of fused-ring (bicyclic) bond motifs is 1. The number of nitriles is 1. The van der Waals surface area contributed by atoms with Gasteiger partial charge < -0.3 is 4.90 Å². The SMILES string of the molecule is N#Cc1ccc(-c2c(C(=O)N3CCC3)nc3cccnn23)cc1F. The smallest absolute Gasteiger partial charge is 0.274 e. The maximum atomic E-state index is 14.0. The molecule has 1 amide bonds. The minimum atomic E-state index is -0.636. The number of benzene rings is 1. The molecule has 3 aromatic rings. The van der Waals surface area contributed by atoms with Gasteiger partial charge in [-0.25, -0.2) is 13.9 Å². The van der Waals surface area contributed by atoms with Crippen molar-refractivity contribution in [3.63, 3.8) is 0 Å². The number of nitrogens with zero attached hydrogens (tertiary/aromatic N) is 5. The molecule has 0 N–H and O–H groups in total. The molecule has 1 saturated heterocycles. The first-order valence-electron chi connectivity index (χ1n) is 7.52. The van der Waals surface area contributed by atoms with E-state index in [1.54, 1.807) is 35.4 Å². The minimum absolute atomic E-state index is 0.0452. The van der Waals surface area contributed by atoms with Crippen molar-refractivity contribution in [3.8, 4) is 17.3 Å². The highest BCUT2D eigenvalue weighted by Crippen LogP contribution is 2.28. The Hall–Kier alpha value is -3.27. The number of carbonyl (C=O) groups is 1. The topological polar surface area (TPSA) is 74.3 Å². The predicted molar refractivity (Wildman–Crippen MR) is 83.6 cm³/mol. The van der Waals surface area contributed by atoms with Crippen LogP contribution in [0.5, 0.6) is 0 Å². The van der Waals surface area contributed by atoms with Gasteiger partial charge in [0.05, 0.1) is 5.56 Å². The molecule has 0 radical (unpaired) electrons. The summed E-state index contributed by atoms with van der Waals surface area (Å²) < 4.78 is 15.6. The lowest BCUT2D eigenvalue weighted by Gasteiger charge is -2.30. The molecule has 6 nitrogen and oxygen atoms in total. The summed E-state index contributed by atoms with van der Waals surface area (Å²) in [5.41, 5.74) is 1.61. The zero-order chi connectivity index (χ0) is 16.7. The van der Waals surface area contributed by atoms with Crippen LogP contribution in [0.1, 0.15) is 22.5 Å². The lowest BCUT2D eigenvalue weighted by molar-refractivity contribution is 0.0647. The number of amides is 1. The number of hydrogen-bond donors (Lipinski definition) is 0. The zero-order valence-electron chi connectivity index (χ0n) is 12.6. The molecule has 0 saturated carbocycles. The van der Waals surface area contributed by atoms with Crippen molar-refractivity contribution in [2.24, 2.45) is 0 Å². The normalized spacial score (nSPS) is 13.6. The molecule has 3 heterocycles. The van der Waals surface area contributed by atoms with Gasteiger partial charge in [-0.1, -0.05) is 6.07 Å². The quantitative estimate of drug-likeness (QED) is 0.725. The fraction of sp³-hybridized carbons (Fsp3) is 0.176. The molecule has 4 rings (SSSR count). The Balaban J connectivity index is 1.94. The highest BCUT2D eigenvalue weighted by atomic mass is 19.1. The summed E-state index contributed by atoms with van der Waals surface area (Å²) >= 11 is 0. The summed E-state index contributed by atoms with van der Waals surface area (Å²) in [6.07, 6.45) is 2.55. The monoisotopic (exact) mass is 321 g/mol. The lowest BCUT2D eigenvalue weighted by Crippen LogP contribution is -2.42. The molecular weight excluding hydrogens is 309 g/mol. The number of rotatable bonds is 2. The number of likely N-dealkylation sites (tertiary alicyclic amines) is 1. The first kappa shape index (κ1) is 14.3. The third-order valence-electron chi connectivity index (χ3n) is 4.10. The van der Waals surface area contributed by atoms with Crippen LogP contribution in [-0.2, 0) is 0 Å². The fourth-order valence-corrected chi connectivity index (χ4v) is 2.72. The van der Waals surface area contributed by atoms with Gasteiger partial charge in [-0.05, 0) is 30.7 Å². The average molecular weight is 321 g/mol. The second-order valence-electron chi connectivity index (χ2n) is 5.55. The Morgan fingerprint density at radius 3 is 2.79 bits per heavy atom. The standard InChI is InChI=1S/C17H12FN5O/c18-13-9-11(4-5-12(13)10-19)16-15(17(24)22-7-2-8-22)21-14-3-1-6-20-23(14)16/h1,3-6,9H,2,7-8H2. The summed E-state index contributed by atoms with van der Waals surface area (Å²) in [4.78, 5) is 18.8. The van der Waals surface area contributed by atoms with E-state index in [0.29, 0.717) is 30.0 Å². The summed E-state index contributed by atoms with van der Waals surface area (Å²) in [5.74, 6) is -0.824. The summed E-state index contributed by atoms with van der Waals surface area (Å²) in [6.45, 7) is 1.39. The van der Waals surface area contributed by atoms with Crippen LogP contribution in [0, 0.1) is 17.1 Å². The van der Waals surface area contributed by atoms with Gasteiger partial charge >= 0.3 is 0 Å². The molecule has 2 aromatic heterocycles. The van der Waals surface area contributed by atoms with Gasteiger partial charge in [0.25, 0.3) is 5.91 Å². The molecular formula is C17H12FN5O. The van der Waals surface area contributed by atoms with Crippen LogP contribution in [0.25, 0.3) is 16.9 Å². The van der Waals surface area contributed by atoms with E-state index in [4.69, 9.17) is 5.26 Å². The van der Waals surface area contributed by atoms with E-state index in [0.717, 1.165) is 6.42 Å². The molecule has 0 atom stereocenters. The molecule has 0 spiro atoms. The highest BCUT2D eigenvalue weighted by molar-refractivity contribution is 5.99. The van der Waals surface area contributed by atoms with Crippen LogP contribution in [0.15, 0.2) is 36.5 Å². The molecule has 1 aromatic carbocycles. The second-order valence-corrected chi connectivity index (χ2v) is 5.55. The number of halogens is 1. The number of aromatic nitrogens is 3. The molecule has 1 aliphatic rings. The molecule has 0 bridgehead atoms. The van der Waals surface area contributed by atoms with E-state index in [1.807, 2.05) is 0 Å². The van der Waals surface area contributed by atoms with Gasteiger partial charge in [-0.2, -0.15) is 10.4 Å². The number of imidazole rings is 1. The molecule has 0 aliphatic carbocycles. The van der Waals surface area contributed by atoms with Crippen LogP contribution in [-0.4, -0.2) is 38.5 Å². The van der Waals surface area contributed by atoms with Gasteiger partial charge in [0.15, 0.2) is 11.3 Å². The van der Waals surface area contributed by atoms with Gasteiger partial charge in [0, 0.05) is 24.8 Å². The maximum absolute atomic E-state index is 14.0. The Morgan fingerprint density at radius 1 is 1.29 bits per heavy atom. The number of carbonyl (C=O) groups excluding carboxylic acids is 1. The maximum Gasteiger partial charge on any atom is 0.274 e. The van der Waals surface area contributed by atoms with Gasteiger partial charge in [-0.3, -0.25) is 4.79 Å². The first-order chi connectivity index (χ1) is 11.7. The van der Waals surface area contributed by atoms with Gasteiger partial charge in [0.1, 0.15) is 17.6 Å². The third-order valence-corrected chi connectivity index (χ3v) is 4.10. The highest BCUT2D eigenvalue weighted by Gasteiger charge is 2.28. The predicted octanol–water partition coefficient (Wildman–Crippen LogP) is 2.25. The van der Waals surface area contributed by atoms with E-state index in [2.05, 4.69) is 10.1 Å². The van der Waals surface area contributed by atoms with Crippen LogP contribution < -0.4 is 0 Å². The summed E-state index contributed by atoms with van der Waals surface area (Å²) in [7, 11) is 0. The average Bonchev–Trinajstić information content (AvgIpc) is 2.92. The minimum Gasteiger partial charge on any atom is -0.337 e. The Kier molecular flexibility index (Phi) is 3.24. The van der Waals surface area contributed by atoms with Crippen molar-refractivity contribution < 1.29 is 9.18 Å². The first-order valence-corrected chi connectivity index (χ1v) is 7.52. The fourth-order valence-electron chi connectivity index (χ4n) is 2.72. The van der Waals surface area contributed by atoms with Crippen LogP contribution in [0.3, 0.4) is 0 Å². The molecule has 7 heteroatoms. The van der Waals surface area contributed by atoms with Gasteiger partial charge in [0.2, 0.25) is 0 Å². The zero-order valence-corrected chi connectivity index (χ0v) is 12.6. The van der Waals surface area contributed by atoms with Crippen molar-refractivity contribution >= 4 is 11.6 Å². The van der Waals surface area contributed by atoms with Gasteiger partial charge in [-0.15, -0.1) is 0 Å². The van der Waals surface area contributed by atoms with Crippen LogP contribution in [0.2, 0.25) is 0 Å². The van der Waals surface area contributed by atoms with E-state index in [-0.39, 0.29) is 17.2 Å². The molecule has 118 valence electrons. The Labute approximate surface area is 136 Å². The Bertz CT molecular complexity index is 1000. The molecule has 1 aliphatic heterocycles.